The van der Waals surface area contributed by atoms with Gasteiger partial charge < -0.3 is 10.6 Å². The van der Waals surface area contributed by atoms with Crippen molar-refractivity contribution < 1.29 is 0 Å². The molecule has 0 radical (unpaired) electrons. The van der Waals surface area contributed by atoms with Crippen LogP contribution in [0.3, 0.4) is 0 Å². The summed E-state index contributed by atoms with van der Waals surface area (Å²) < 4.78 is 0. The molecular weight excluding hydrogens is 460 g/mol. The highest BCUT2D eigenvalue weighted by atomic mass is 15.0. The molecule has 0 aliphatic rings. The minimum absolute atomic E-state index is 0.118. The van der Waals surface area contributed by atoms with Crippen LogP contribution >= 0.6 is 0 Å². The molecule has 0 amide bonds. The molecule has 0 heterocycles. The van der Waals surface area contributed by atoms with Crippen molar-refractivity contribution in [3.05, 3.63) is 143 Å². The predicted octanol–water partition coefficient (Wildman–Crippen LogP) is 9.08. The number of benzene rings is 4. The maximum absolute atomic E-state index is 3.92. The third-order valence-electron chi connectivity index (χ3n) is 8.03. The first-order valence-corrected chi connectivity index (χ1v) is 14.3. The van der Waals surface area contributed by atoms with E-state index in [0.29, 0.717) is 11.8 Å². The summed E-state index contributed by atoms with van der Waals surface area (Å²) in [5.41, 5.74) is 8.03. The summed E-state index contributed by atoms with van der Waals surface area (Å²) in [5.74, 6) is 1.19. The van der Waals surface area contributed by atoms with Crippen LogP contribution in [0.4, 0.5) is 0 Å². The van der Waals surface area contributed by atoms with Gasteiger partial charge in [0, 0.05) is 13.1 Å². The monoisotopic (exact) mass is 504 g/mol. The molecule has 4 unspecified atom stereocenters. The molecule has 0 aromatic heterocycles. The van der Waals surface area contributed by atoms with Gasteiger partial charge in [0.2, 0.25) is 0 Å². The first-order valence-electron chi connectivity index (χ1n) is 14.3. The molecule has 4 aromatic rings. The van der Waals surface area contributed by atoms with Crippen molar-refractivity contribution in [2.45, 2.75) is 77.5 Å². The lowest BCUT2D eigenvalue weighted by Crippen LogP contribution is -2.35. The molecule has 0 saturated heterocycles. The Morgan fingerprint density at radius 3 is 1.11 bits per heavy atom. The number of hydrogen-bond donors (Lipinski definition) is 2. The lowest BCUT2D eigenvalue weighted by Gasteiger charge is -2.30. The van der Waals surface area contributed by atoms with E-state index in [2.05, 4.69) is 148 Å². The van der Waals surface area contributed by atoms with Gasteiger partial charge in [0.15, 0.2) is 0 Å². The fourth-order valence-corrected chi connectivity index (χ4v) is 5.03. The van der Waals surface area contributed by atoms with E-state index in [1.807, 2.05) is 0 Å². The van der Waals surface area contributed by atoms with Gasteiger partial charge in [0.05, 0.1) is 12.1 Å². The lowest BCUT2D eigenvalue weighted by atomic mass is 9.92. The van der Waals surface area contributed by atoms with Crippen molar-refractivity contribution in [1.82, 2.24) is 10.6 Å². The van der Waals surface area contributed by atoms with E-state index in [1.165, 1.54) is 46.2 Å². The fourth-order valence-electron chi connectivity index (χ4n) is 5.03. The molecule has 0 spiro atoms. The van der Waals surface area contributed by atoms with Crippen LogP contribution in [-0.4, -0.2) is 0 Å². The Balaban J connectivity index is 1.57. The van der Waals surface area contributed by atoms with E-state index in [1.54, 1.807) is 0 Å². The topological polar surface area (TPSA) is 24.1 Å². The van der Waals surface area contributed by atoms with Gasteiger partial charge in [-0.1, -0.05) is 137 Å². The van der Waals surface area contributed by atoms with Gasteiger partial charge in [0.1, 0.15) is 0 Å². The summed E-state index contributed by atoms with van der Waals surface area (Å²) in [6, 6.07) is 40.2. The van der Waals surface area contributed by atoms with Crippen LogP contribution in [0.2, 0.25) is 0 Å². The highest BCUT2D eigenvalue weighted by molar-refractivity contribution is 5.30. The number of rotatable bonds is 13. The van der Waals surface area contributed by atoms with Crippen LogP contribution in [0.15, 0.2) is 109 Å². The molecule has 0 bridgehead atoms. The van der Waals surface area contributed by atoms with Gasteiger partial charge in [0.25, 0.3) is 0 Å². The van der Waals surface area contributed by atoms with Gasteiger partial charge in [-0.15, -0.1) is 0 Å². The zero-order chi connectivity index (χ0) is 26.7. The molecular formula is C36H44N2. The summed E-state index contributed by atoms with van der Waals surface area (Å²) in [6.45, 7) is 10.7. The van der Waals surface area contributed by atoms with Gasteiger partial charge in [-0.25, -0.2) is 0 Å². The first-order chi connectivity index (χ1) is 18.6. The van der Waals surface area contributed by atoms with Gasteiger partial charge in [-0.2, -0.15) is 0 Å². The van der Waals surface area contributed by atoms with E-state index in [4.69, 9.17) is 0 Å². The average Bonchev–Trinajstić information content (AvgIpc) is 2.99. The standard InChI is InChI=1S/C36H44N2/c1-5-27(3)31-21-17-29(18-22-31)25-37-35(33-13-9-7-10-14-33)36(34-15-11-8-12-16-34)38-26-30-19-23-32(24-20-30)28(4)6-2/h7-24,27-28,35-38H,5-6,25-26H2,1-4H3. The summed E-state index contributed by atoms with van der Waals surface area (Å²) in [6.07, 6.45) is 2.33. The van der Waals surface area contributed by atoms with E-state index in [0.717, 1.165) is 13.1 Å². The van der Waals surface area contributed by atoms with E-state index < -0.39 is 0 Å². The van der Waals surface area contributed by atoms with Crippen LogP contribution < -0.4 is 10.6 Å². The fraction of sp³-hybridized carbons (Fsp3) is 0.333. The maximum Gasteiger partial charge on any atom is 0.0521 e. The number of nitrogens with one attached hydrogen (secondary N) is 2. The van der Waals surface area contributed by atoms with Crippen molar-refractivity contribution in [3.63, 3.8) is 0 Å². The predicted molar refractivity (Wildman–Crippen MR) is 162 cm³/mol. The highest BCUT2D eigenvalue weighted by Crippen LogP contribution is 2.30. The maximum atomic E-state index is 3.92. The molecule has 4 aromatic carbocycles. The van der Waals surface area contributed by atoms with E-state index >= 15 is 0 Å². The average molecular weight is 505 g/mol. The van der Waals surface area contributed by atoms with Crippen LogP contribution in [0.25, 0.3) is 0 Å². The second kappa shape index (κ2) is 14.1. The SMILES string of the molecule is CCC(C)c1ccc(CNC(c2ccccc2)C(NCc2ccc(C(C)CC)cc2)c2ccccc2)cc1. The van der Waals surface area contributed by atoms with Crippen LogP contribution in [0.5, 0.6) is 0 Å². The van der Waals surface area contributed by atoms with Gasteiger partial charge in [-0.3, -0.25) is 0 Å². The van der Waals surface area contributed by atoms with Gasteiger partial charge in [-0.05, 0) is 58.1 Å². The first kappa shape index (κ1) is 27.8. The zero-order valence-electron chi connectivity index (χ0n) is 23.5. The molecule has 0 aliphatic heterocycles. The second-order valence-electron chi connectivity index (χ2n) is 10.6. The third kappa shape index (κ3) is 7.43. The molecule has 2 heteroatoms. The molecule has 38 heavy (non-hydrogen) atoms. The Kier molecular flexibility index (Phi) is 10.3. The molecule has 0 fully saturated rings. The van der Waals surface area contributed by atoms with E-state index in [9.17, 15) is 0 Å². The van der Waals surface area contributed by atoms with Crippen LogP contribution in [-0.2, 0) is 13.1 Å². The Morgan fingerprint density at radius 1 is 0.447 bits per heavy atom. The summed E-state index contributed by atoms with van der Waals surface area (Å²) in [5, 5.41) is 7.84. The van der Waals surface area contributed by atoms with Crippen molar-refractivity contribution in [1.29, 1.82) is 0 Å². The summed E-state index contributed by atoms with van der Waals surface area (Å²) in [7, 11) is 0. The zero-order valence-corrected chi connectivity index (χ0v) is 23.5. The third-order valence-corrected chi connectivity index (χ3v) is 8.03. The van der Waals surface area contributed by atoms with Crippen molar-refractivity contribution in [2.75, 3.05) is 0 Å². The molecule has 2 nitrogen and oxygen atoms in total. The lowest BCUT2D eigenvalue weighted by molar-refractivity contribution is 0.381. The second-order valence-corrected chi connectivity index (χ2v) is 10.6. The molecule has 0 aliphatic carbocycles. The Morgan fingerprint density at radius 2 is 0.789 bits per heavy atom. The van der Waals surface area contributed by atoms with Crippen molar-refractivity contribution >= 4 is 0 Å². The van der Waals surface area contributed by atoms with Crippen molar-refractivity contribution in [2.24, 2.45) is 0 Å². The van der Waals surface area contributed by atoms with Crippen LogP contribution in [0, 0.1) is 0 Å². The molecule has 0 saturated carbocycles. The normalized spacial score (nSPS) is 14.5. The minimum Gasteiger partial charge on any atom is -0.304 e. The molecule has 4 rings (SSSR count). The Hall–Kier alpha value is -3.20. The van der Waals surface area contributed by atoms with Crippen molar-refractivity contribution in [3.8, 4) is 0 Å². The smallest absolute Gasteiger partial charge is 0.0521 e. The van der Waals surface area contributed by atoms with E-state index in [-0.39, 0.29) is 12.1 Å². The molecule has 4 atom stereocenters. The largest absolute Gasteiger partial charge is 0.304 e. The Labute approximate surface area is 230 Å². The minimum atomic E-state index is 0.118. The quantitative estimate of drug-likeness (QED) is 0.190. The number of hydrogen-bond acceptors (Lipinski definition) is 2. The Bertz CT molecular complexity index is 1100. The summed E-state index contributed by atoms with van der Waals surface area (Å²) >= 11 is 0. The highest BCUT2D eigenvalue weighted by Gasteiger charge is 2.24. The van der Waals surface area contributed by atoms with Gasteiger partial charge >= 0.3 is 0 Å². The van der Waals surface area contributed by atoms with Crippen LogP contribution in [0.1, 0.15) is 97.8 Å². The molecule has 2 N–H and O–H groups in total. The molecule has 198 valence electrons. The summed E-state index contributed by atoms with van der Waals surface area (Å²) in [4.78, 5) is 0.